The van der Waals surface area contributed by atoms with Gasteiger partial charge in [-0.2, -0.15) is 0 Å². The van der Waals surface area contributed by atoms with Crippen LogP contribution in [-0.2, 0) is 11.3 Å². The maximum Gasteiger partial charge on any atom is 0.248 e. The first kappa shape index (κ1) is 14.2. The molecule has 2 aromatic carbocycles. The van der Waals surface area contributed by atoms with Crippen LogP contribution in [0.4, 0.5) is 10.1 Å². The minimum atomic E-state index is -0.668. The molecule has 1 aliphatic rings. The Labute approximate surface area is 130 Å². The molecule has 3 nitrogen and oxygen atoms in total. The normalized spacial score (nSPS) is 17.2. The Morgan fingerprint density at radius 2 is 2.05 bits per heavy atom. The lowest BCUT2D eigenvalue weighted by atomic mass is 10.1. The number of anilines is 1. The lowest BCUT2D eigenvalue weighted by Gasteiger charge is -2.18. The van der Waals surface area contributed by atoms with E-state index in [-0.39, 0.29) is 18.3 Å². The van der Waals surface area contributed by atoms with Gasteiger partial charge in [0.2, 0.25) is 5.91 Å². The molecular formula is C16H14BrFN2O. The van der Waals surface area contributed by atoms with E-state index >= 15 is 0 Å². The van der Waals surface area contributed by atoms with Gasteiger partial charge < -0.3 is 10.6 Å². The average molecular weight is 349 g/mol. The summed E-state index contributed by atoms with van der Waals surface area (Å²) in [5.74, 6) is -0.538. The summed E-state index contributed by atoms with van der Waals surface area (Å²) in [5, 5.41) is 0. The Kier molecular flexibility index (Phi) is 3.55. The van der Waals surface area contributed by atoms with Gasteiger partial charge in [-0.15, -0.1) is 0 Å². The Hall–Kier alpha value is -1.72. The van der Waals surface area contributed by atoms with Crippen molar-refractivity contribution in [2.75, 3.05) is 4.90 Å². The summed E-state index contributed by atoms with van der Waals surface area (Å²) in [4.78, 5) is 13.9. The van der Waals surface area contributed by atoms with Crippen LogP contribution in [0.5, 0.6) is 0 Å². The molecule has 0 radical (unpaired) electrons. The zero-order chi connectivity index (χ0) is 15.1. The molecule has 3 rings (SSSR count). The van der Waals surface area contributed by atoms with E-state index in [0.29, 0.717) is 10.0 Å². The van der Waals surface area contributed by atoms with Crippen LogP contribution in [-0.4, -0.2) is 5.91 Å². The third kappa shape index (κ3) is 2.47. The van der Waals surface area contributed by atoms with E-state index in [1.807, 2.05) is 25.1 Å². The van der Waals surface area contributed by atoms with Crippen molar-refractivity contribution >= 4 is 27.5 Å². The van der Waals surface area contributed by atoms with Crippen LogP contribution in [0, 0.1) is 12.7 Å². The lowest BCUT2D eigenvalue weighted by molar-refractivity contribution is -0.119. The number of nitrogens with two attached hydrogens (primary N) is 1. The molecule has 1 aliphatic heterocycles. The fraction of sp³-hybridized carbons (Fsp3) is 0.188. The van der Waals surface area contributed by atoms with Crippen LogP contribution in [0.3, 0.4) is 0 Å². The van der Waals surface area contributed by atoms with Gasteiger partial charge in [-0.05, 0) is 25.1 Å². The molecule has 0 saturated heterocycles. The van der Waals surface area contributed by atoms with Crippen LogP contribution in [0.1, 0.15) is 22.7 Å². The number of aryl methyl sites for hydroxylation is 1. The Morgan fingerprint density at radius 1 is 1.29 bits per heavy atom. The molecule has 0 saturated carbocycles. The number of hydrogen-bond donors (Lipinski definition) is 1. The highest BCUT2D eigenvalue weighted by molar-refractivity contribution is 9.10. The van der Waals surface area contributed by atoms with Crippen molar-refractivity contribution in [2.24, 2.45) is 5.73 Å². The number of rotatable bonds is 2. The summed E-state index contributed by atoms with van der Waals surface area (Å²) >= 11 is 3.22. The van der Waals surface area contributed by atoms with Gasteiger partial charge in [0.25, 0.3) is 0 Å². The molecule has 5 heteroatoms. The van der Waals surface area contributed by atoms with E-state index in [1.165, 1.54) is 6.07 Å². The summed E-state index contributed by atoms with van der Waals surface area (Å²) in [6.07, 6.45) is 0. The average Bonchev–Trinajstić information content (AvgIpc) is 2.66. The van der Waals surface area contributed by atoms with Gasteiger partial charge in [0.15, 0.2) is 0 Å². The molecule has 2 aromatic rings. The van der Waals surface area contributed by atoms with Gasteiger partial charge >= 0.3 is 0 Å². The molecule has 1 amide bonds. The number of carbonyl (C=O) groups is 1. The number of benzene rings is 2. The largest absolute Gasteiger partial charge is 0.316 e. The maximum absolute atomic E-state index is 14.0. The van der Waals surface area contributed by atoms with Crippen molar-refractivity contribution in [3.8, 4) is 0 Å². The quantitative estimate of drug-likeness (QED) is 0.903. The minimum Gasteiger partial charge on any atom is -0.316 e. The zero-order valence-electron chi connectivity index (χ0n) is 11.4. The Bertz CT molecular complexity index is 732. The van der Waals surface area contributed by atoms with Crippen LogP contribution < -0.4 is 10.6 Å². The van der Waals surface area contributed by atoms with Crippen LogP contribution in [0.2, 0.25) is 0 Å². The van der Waals surface area contributed by atoms with Crippen LogP contribution >= 0.6 is 15.9 Å². The number of hydrogen-bond acceptors (Lipinski definition) is 2. The Balaban J connectivity index is 1.98. The van der Waals surface area contributed by atoms with Crippen LogP contribution in [0.15, 0.2) is 40.9 Å². The van der Waals surface area contributed by atoms with Gasteiger partial charge in [-0.3, -0.25) is 4.79 Å². The molecule has 2 N–H and O–H groups in total. The lowest BCUT2D eigenvalue weighted by Crippen LogP contribution is -2.31. The highest BCUT2D eigenvalue weighted by Gasteiger charge is 2.35. The SMILES string of the molecule is Cc1ccc2c(c1)C(N)C(=O)N2Cc1ccc(Br)cc1F. The molecular weight excluding hydrogens is 335 g/mol. The van der Waals surface area contributed by atoms with E-state index in [1.54, 1.807) is 17.0 Å². The molecule has 0 aromatic heterocycles. The van der Waals surface area contributed by atoms with Gasteiger partial charge in [0.1, 0.15) is 11.9 Å². The summed E-state index contributed by atoms with van der Waals surface area (Å²) in [7, 11) is 0. The van der Waals surface area contributed by atoms with E-state index in [2.05, 4.69) is 15.9 Å². The van der Waals surface area contributed by atoms with Crippen molar-refractivity contribution in [3.05, 3.63) is 63.4 Å². The highest BCUT2D eigenvalue weighted by Crippen LogP contribution is 2.36. The van der Waals surface area contributed by atoms with Gasteiger partial charge in [0, 0.05) is 21.3 Å². The molecule has 0 aliphatic carbocycles. The van der Waals surface area contributed by atoms with Gasteiger partial charge in [0.05, 0.1) is 6.54 Å². The van der Waals surface area contributed by atoms with Crippen molar-refractivity contribution < 1.29 is 9.18 Å². The summed E-state index contributed by atoms with van der Waals surface area (Å²) in [6.45, 7) is 2.14. The van der Waals surface area contributed by atoms with Gasteiger partial charge in [-0.1, -0.05) is 39.7 Å². The predicted octanol–water partition coefficient (Wildman–Crippen LogP) is 3.44. The molecule has 1 heterocycles. The molecule has 108 valence electrons. The van der Waals surface area contributed by atoms with Crippen LogP contribution in [0.25, 0.3) is 0 Å². The number of nitrogens with zero attached hydrogens (tertiary/aromatic N) is 1. The summed E-state index contributed by atoms with van der Waals surface area (Å²) in [5.41, 5.74) is 9.05. The van der Waals surface area contributed by atoms with Crippen molar-refractivity contribution in [1.82, 2.24) is 0 Å². The standard InChI is InChI=1S/C16H14BrFN2O/c1-9-2-5-14-12(6-9)15(19)16(21)20(14)8-10-3-4-11(17)7-13(10)18/h2-7,15H,8,19H2,1H3. The van der Waals surface area contributed by atoms with E-state index in [0.717, 1.165) is 16.8 Å². The molecule has 0 bridgehead atoms. The van der Waals surface area contributed by atoms with E-state index in [9.17, 15) is 9.18 Å². The highest BCUT2D eigenvalue weighted by atomic mass is 79.9. The number of carbonyl (C=O) groups excluding carboxylic acids is 1. The third-order valence-corrected chi connectivity index (χ3v) is 4.18. The molecule has 1 unspecified atom stereocenters. The van der Waals surface area contributed by atoms with Crippen molar-refractivity contribution in [3.63, 3.8) is 0 Å². The summed E-state index contributed by atoms with van der Waals surface area (Å²) in [6, 6.07) is 9.86. The maximum atomic E-state index is 14.0. The second kappa shape index (κ2) is 5.24. The fourth-order valence-corrected chi connectivity index (χ4v) is 2.90. The molecule has 21 heavy (non-hydrogen) atoms. The number of fused-ring (bicyclic) bond motifs is 1. The van der Waals surface area contributed by atoms with E-state index < -0.39 is 6.04 Å². The smallest absolute Gasteiger partial charge is 0.248 e. The molecule has 0 fully saturated rings. The van der Waals surface area contributed by atoms with Gasteiger partial charge in [-0.25, -0.2) is 4.39 Å². The van der Waals surface area contributed by atoms with E-state index in [4.69, 9.17) is 5.73 Å². The predicted molar refractivity (Wildman–Crippen MR) is 83.4 cm³/mol. The third-order valence-electron chi connectivity index (χ3n) is 3.68. The number of amides is 1. The number of halogens is 2. The Morgan fingerprint density at radius 3 is 2.76 bits per heavy atom. The summed E-state index contributed by atoms with van der Waals surface area (Å²) < 4.78 is 14.6. The van der Waals surface area contributed by atoms with Crippen molar-refractivity contribution in [1.29, 1.82) is 0 Å². The first-order chi connectivity index (χ1) is 9.97. The second-order valence-corrected chi connectivity index (χ2v) is 6.12. The fourth-order valence-electron chi connectivity index (χ4n) is 2.57. The van der Waals surface area contributed by atoms with Crippen molar-refractivity contribution in [2.45, 2.75) is 19.5 Å². The first-order valence-electron chi connectivity index (χ1n) is 6.59. The zero-order valence-corrected chi connectivity index (χ0v) is 13.0. The first-order valence-corrected chi connectivity index (χ1v) is 7.38. The minimum absolute atomic E-state index is 0.182. The monoisotopic (exact) mass is 348 g/mol. The molecule has 0 spiro atoms. The topological polar surface area (TPSA) is 46.3 Å². The second-order valence-electron chi connectivity index (χ2n) is 5.20. The molecule has 1 atom stereocenters.